The van der Waals surface area contributed by atoms with Gasteiger partial charge in [0.15, 0.2) is 3.92 Å². The molecule has 0 aliphatic heterocycles. The van der Waals surface area contributed by atoms with Gasteiger partial charge in [0, 0.05) is 6.42 Å². The quantitative estimate of drug-likeness (QED) is 0.843. The first-order chi connectivity index (χ1) is 7.13. The Morgan fingerprint density at radius 1 is 1.20 bits per heavy atom. The van der Waals surface area contributed by atoms with Crippen LogP contribution in [0.15, 0.2) is 22.1 Å². The van der Waals surface area contributed by atoms with Gasteiger partial charge in [0.05, 0.1) is 0 Å². The van der Waals surface area contributed by atoms with Crippen molar-refractivity contribution in [2.24, 2.45) is 0 Å². The molecular weight excluding hydrogens is 272 g/mol. The number of nitrogens with zero attached hydrogens (tertiary/aromatic N) is 2. The first-order valence-corrected chi connectivity index (χ1v) is 6.25. The first-order valence-electron chi connectivity index (χ1n) is 4.69. The van der Waals surface area contributed by atoms with Crippen LogP contribution in [0.2, 0.25) is 0 Å². The van der Waals surface area contributed by atoms with Crippen molar-refractivity contribution in [3.8, 4) is 0 Å². The van der Waals surface area contributed by atoms with E-state index in [1.165, 1.54) is 28.2 Å². The van der Waals surface area contributed by atoms with Gasteiger partial charge < -0.3 is 0 Å². The van der Waals surface area contributed by atoms with E-state index in [1.54, 1.807) is 0 Å². The molecule has 0 saturated carbocycles. The zero-order chi connectivity index (χ0) is 10.8. The largest absolute Gasteiger partial charge is 0.212 e. The monoisotopic (exact) mass is 282 g/mol. The smallest absolute Gasteiger partial charge is 0.179 e. The molecule has 0 spiro atoms. The Labute approximate surface area is 102 Å². The van der Waals surface area contributed by atoms with E-state index in [9.17, 15) is 0 Å². The highest BCUT2D eigenvalue weighted by Gasteiger charge is 2.03. The molecule has 15 heavy (non-hydrogen) atoms. The van der Waals surface area contributed by atoms with Crippen LogP contribution in [-0.4, -0.2) is 9.36 Å². The van der Waals surface area contributed by atoms with Crippen LogP contribution in [0.5, 0.6) is 0 Å². The lowest BCUT2D eigenvalue weighted by atomic mass is 10.1. The van der Waals surface area contributed by atoms with Crippen LogP contribution in [0.25, 0.3) is 0 Å². The Bertz CT molecular complexity index is 459. The minimum absolute atomic E-state index is 0.810. The molecule has 0 fully saturated rings. The molecule has 0 atom stereocenters. The van der Waals surface area contributed by atoms with E-state index in [1.807, 2.05) is 0 Å². The molecule has 2 aromatic rings. The first kappa shape index (κ1) is 10.8. The molecule has 0 amide bonds. The van der Waals surface area contributed by atoms with Crippen LogP contribution < -0.4 is 0 Å². The van der Waals surface area contributed by atoms with E-state index in [4.69, 9.17) is 0 Å². The lowest BCUT2D eigenvalue weighted by Crippen LogP contribution is -1.92. The molecular formula is C11H11BrN2S. The Balaban J connectivity index is 2.24. The summed E-state index contributed by atoms with van der Waals surface area (Å²) in [5, 5.41) is 0. The van der Waals surface area contributed by atoms with Gasteiger partial charge in [-0.2, -0.15) is 4.37 Å². The lowest BCUT2D eigenvalue weighted by molar-refractivity contribution is 1.02. The normalized spacial score (nSPS) is 10.6. The standard InChI is InChI=1S/C11H11BrN2S/c1-7-3-8(2)5-9(4-7)6-10-13-11(12)15-14-10/h3-5H,6H2,1-2H3. The van der Waals surface area contributed by atoms with Crippen molar-refractivity contribution in [1.29, 1.82) is 0 Å². The molecule has 2 rings (SSSR count). The number of aromatic nitrogens is 2. The Morgan fingerprint density at radius 2 is 1.87 bits per heavy atom. The fourth-order valence-corrected chi connectivity index (χ4v) is 2.51. The number of benzene rings is 1. The molecule has 4 heteroatoms. The van der Waals surface area contributed by atoms with Gasteiger partial charge in [-0.15, -0.1) is 0 Å². The maximum absolute atomic E-state index is 4.29. The zero-order valence-corrected chi connectivity index (χ0v) is 11.0. The van der Waals surface area contributed by atoms with Crippen molar-refractivity contribution in [3.63, 3.8) is 0 Å². The topological polar surface area (TPSA) is 25.8 Å². The van der Waals surface area contributed by atoms with Crippen LogP contribution in [0.3, 0.4) is 0 Å². The molecule has 0 unspecified atom stereocenters. The average Bonchev–Trinajstić information content (AvgIpc) is 2.49. The number of hydrogen-bond acceptors (Lipinski definition) is 3. The van der Waals surface area contributed by atoms with Crippen molar-refractivity contribution in [1.82, 2.24) is 9.36 Å². The van der Waals surface area contributed by atoms with Crippen molar-refractivity contribution in [2.75, 3.05) is 0 Å². The fraction of sp³-hybridized carbons (Fsp3) is 0.273. The van der Waals surface area contributed by atoms with Crippen LogP contribution in [0.1, 0.15) is 22.5 Å². The third-order valence-electron chi connectivity index (χ3n) is 2.09. The Morgan fingerprint density at radius 3 is 2.40 bits per heavy atom. The summed E-state index contributed by atoms with van der Waals surface area (Å²) in [5.74, 6) is 0.886. The van der Waals surface area contributed by atoms with Crippen LogP contribution in [-0.2, 0) is 6.42 Å². The predicted octanol–water partition coefficient (Wildman–Crippen LogP) is 3.51. The van der Waals surface area contributed by atoms with Crippen molar-refractivity contribution in [2.45, 2.75) is 20.3 Å². The summed E-state index contributed by atoms with van der Waals surface area (Å²) >= 11 is 4.71. The Kier molecular flexibility index (Phi) is 3.17. The molecule has 1 aromatic carbocycles. The van der Waals surface area contributed by atoms with E-state index < -0.39 is 0 Å². The highest BCUT2D eigenvalue weighted by atomic mass is 79.9. The Hall–Kier alpha value is -0.740. The minimum Gasteiger partial charge on any atom is -0.212 e. The summed E-state index contributed by atoms with van der Waals surface area (Å²) < 4.78 is 5.10. The van der Waals surface area contributed by atoms with Crippen molar-refractivity contribution in [3.05, 3.63) is 44.6 Å². The van der Waals surface area contributed by atoms with Gasteiger partial charge in [-0.05, 0) is 46.9 Å². The highest BCUT2D eigenvalue weighted by molar-refractivity contribution is 9.11. The zero-order valence-electron chi connectivity index (χ0n) is 8.62. The second-order valence-electron chi connectivity index (χ2n) is 3.64. The van der Waals surface area contributed by atoms with Crippen molar-refractivity contribution >= 4 is 27.5 Å². The molecule has 0 radical (unpaired) electrons. The number of hydrogen-bond donors (Lipinski definition) is 0. The molecule has 1 heterocycles. The van der Waals surface area contributed by atoms with Crippen molar-refractivity contribution < 1.29 is 0 Å². The lowest BCUT2D eigenvalue weighted by Gasteiger charge is -2.02. The summed E-state index contributed by atoms with van der Waals surface area (Å²) in [6, 6.07) is 6.54. The molecule has 0 aliphatic carbocycles. The summed E-state index contributed by atoms with van der Waals surface area (Å²) in [6.45, 7) is 4.22. The van der Waals surface area contributed by atoms with Crippen LogP contribution >= 0.6 is 27.5 Å². The SMILES string of the molecule is Cc1cc(C)cc(Cc2nsc(Br)n2)c1. The van der Waals surface area contributed by atoms with Gasteiger partial charge in [-0.1, -0.05) is 29.3 Å². The third kappa shape index (κ3) is 2.86. The molecule has 0 N–H and O–H groups in total. The van der Waals surface area contributed by atoms with E-state index in [0.29, 0.717) is 0 Å². The maximum atomic E-state index is 4.29. The minimum atomic E-state index is 0.810. The third-order valence-corrected chi connectivity index (χ3v) is 3.24. The predicted molar refractivity (Wildman–Crippen MR) is 66.3 cm³/mol. The molecule has 2 nitrogen and oxygen atoms in total. The summed E-state index contributed by atoms with van der Waals surface area (Å²) in [6.07, 6.45) is 0.810. The van der Waals surface area contributed by atoms with E-state index in [-0.39, 0.29) is 0 Å². The molecule has 0 aliphatic rings. The molecule has 0 saturated heterocycles. The van der Waals surface area contributed by atoms with Gasteiger partial charge >= 0.3 is 0 Å². The fourth-order valence-electron chi connectivity index (χ4n) is 1.66. The van der Waals surface area contributed by atoms with Gasteiger partial charge in [0.2, 0.25) is 0 Å². The molecule has 78 valence electrons. The van der Waals surface area contributed by atoms with Gasteiger partial charge in [0.1, 0.15) is 5.82 Å². The van der Waals surface area contributed by atoms with Crippen LogP contribution in [0.4, 0.5) is 0 Å². The molecule has 0 bridgehead atoms. The summed E-state index contributed by atoms with van der Waals surface area (Å²) in [7, 11) is 0. The molecule has 1 aromatic heterocycles. The second-order valence-corrected chi connectivity index (χ2v) is 5.66. The van der Waals surface area contributed by atoms with Gasteiger partial charge in [-0.3, -0.25) is 0 Å². The summed E-state index contributed by atoms with van der Waals surface area (Å²) in [4.78, 5) is 4.29. The average molecular weight is 283 g/mol. The van der Waals surface area contributed by atoms with E-state index in [0.717, 1.165) is 16.2 Å². The van der Waals surface area contributed by atoms with E-state index in [2.05, 4.69) is 57.3 Å². The van der Waals surface area contributed by atoms with Gasteiger partial charge in [-0.25, -0.2) is 4.98 Å². The van der Waals surface area contributed by atoms with Gasteiger partial charge in [0.25, 0.3) is 0 Å². The highest BCUT2D eigenvalue weighted by Crippen LogP contribution is 2.16. The maximum Gasteiger partial charge on any atom is 0.179 e. The number of halogens is 1. The number of aryl methyl sites for hydroxylation is 2. The van der Waals surface area contributed by atoms with Crippen LogP contribution in [0, 0.1) is 13.8 Å². The number of rotatable bonds is 2. The second kappa shape index (κ2) is 4.41. The van der Waals surface area contributed by atoms with E-state index >= 15 is 0 Å². The summed E-state index contributed by atoms with van der Waals surface area (Å²) in [5.41, 5.74) is 3.86.